The third-order valence-electron chi connectivity index (χ3n) is 4.33. The highest BCUT2D eigenvalue weighted by molar-refractivity contribution is 8.00. The molecule has 0 aromatic carbocycles. The lowest BCUT2D eigenvalue weighted by Gasteiger charge is -2.41. The van der Waals surface area contributed by atoms with E-state index >= 15 is 0 Å². The average molecular weight is 273 g/mol. The normalized spacial score (nSPS) is 41.2. The molecule has 18 heavy (non-hydrogen) atoms. The van der Waals surface area contributed by atoms with Gasteiger partial charge in [-0.05, 0) is 39.2 Å². The van der Waals surface area contributed by atoms with Crippen LogP contribution in [0, 0.1) is 0 Å². The summed E-state index contributed by atoms with van der Waals surface area (Å²) in [7, 11) is 0. The quantitative estimate of drug-likeness (QED) is 0.805. The van der Waals surface area contributed by atoms with Gasteiger partial charge in [0.25, 0.3) is 0 Å². The minimum Gasteiger partial charge on any atom is -0.394 e. The number of aliphatic hydroxyl groups excluding tert-OH is 1. The molecule has 0 aromatic heterocycles. The highest BCUT2D eigenvalue weighted by atomic mass is 32.2. The Kier molecular flexibility index (Phi) is 5.36. The van der Waals surface area contributed by atoms with Gasteiger partial charge in [0, 0.05) is 22.6 Å². The number of likely N-dealkylation sites (N-methyl/N-ethyl adjacent to an activating group) is 1. The van der Waals surface area contributed by atoms with Crippen LogP contribution in [0.2, 0.25) is 0 Å². The number of hydrogen-bond donors (Lipinski definition) is 2. The first-order valence-corrected chi connectivity index (χ1v) is 8.26. The molecule has 0 amide bonds. The van der Waals surface area contributed by atoms with Gasteiger partial charge >= 0.3 is 0 Å². The molecule has 1 aliphatic carbocycles. The van der Waals surface area contributed by atoms with Gasteiger partial charge in [0.1, 0.15) is 0 Å². The predicted octanol–water partition coefficient (Wildman–Crippen LogP) is 2.18. The van der Waals surface area contributed by atoms with Gasteiger partial charge in [-0.2, -0.15) is 11.8 Å². The zero-order valence-corrected chi connectivity index (χ0v) is 12.5. The van der Waals surface area contributed by atoms with Gasteiger partial charge in [-0.15, -0.1) is 0 Å². The van der Waals surface area contributed by atoms with Crippen molar-refractivity contribution in [2.24, 2.45) is 0 Å². The summed E-state index contributed by atoms with van der Waals surface area (Å²) < 4.78 is 5.65. The van der Waals surface area contributed by atoms with E-state index in [0.29, 0.717) is 16.6 Å². The van der Waals surface area contributed by atoms with E-state index in [1.807, 2.05) is 0 Å². The summed E-state index contributed by atoms with van der Waals surface area (Å²) in [5.74, 6) is 0. The van der Waals surface area contributed by atoms with Crippen LogP contribution in [0.1, 0.15) is 46.0 Å². The van der Waals surface area contributed by atoms with E-state index in [0.717, 1.165) is 26.0 Å². The maximum absolute atomic E-state index is 9.71. The van der Waals surface area contributed by atoms with Crippen LogP contribution in [-0.2, 0) is 4.74 Å². The topological polar surface area (TPSA) is 41.5 Å². The lowest BCUT2D eigenvalue weighted by atomic mass is 9.82. The van der Waals surface area contributed by atoms with Crippen molar-refractivity contribution in [2.75, 3.05) is 19.8 Å². The Hall–Kier alpha value is 0.230. The van der Waals surface area contributed by atoms with Crippen molar-refractivity contribution in [2.45, 2.75) is 68.1 Å². The smallest absolute Gasteiger partial charge is 0.0666 e. The number of aliphatic hydroxyl groups is 1. The van der Waals surface area contributed by atoms with Crippen LogP contribution < -0.4 is 5.32 Å². The fourth-order valence-corrected chi connectivity index (χ4v) is 5.04. The largest absolute Gasteiger partial charge is 0.394 e. The molecule has 0 spiro atoms. The molecule has 1 saturated heterocycles. The number of thioether (sulfide) groups is 1. The van der Waals surface area contributed by atoms with Crippen molar-refractivity contribution in [1.82, 2.24) is 5.32 Å². The molecule has 2 aliphatic rings. The first kappa shape index (κ1) is 14.6. The van der Waals surface area contributed by atoms with Crippen molar-refractivity contribution >= 4 is 11.8 Å². The van der Waals surface area contributed by atoms with E-state index in [4.69, 9.17) is 4.74 Å². The summed E-state index contributed by atoms with van der Waals surface area (Å²) in [4.78, 5) is 0. The van der Waals surface area contributed by atoms with Gasteiger partial charge < -0.3 is 15.2 Å². The van der Waals surface area contributed by atoms with Crippen molar-refractivity contribution in [1.29, 1.82) is 0 Å². The van der Waals surface area contributed by atoms with E-state index in [-0.39, 0.29) is 12.1 Å². The van der Waals surface area contributed by atoms with Gasteiger partial charge in [-0.1, -0.05) is 13.3 Å². The predicted molar refractivity (Wildman–Crippen MR) is 77.2 cm³/mol. The summed E-state index contributed by atoms with van der Waals surface area (Å²) >= 11 is 2.10. The van der Waals surface area contributed by atoms with Gasteiger partial charge in [-0.3, -0.25) is 0 Å². The Morgan fingerprint density at radius 1 is 1.44 bits per heavy atom. The van der Waals surface area contributed by atoms with Crippen LogP contribution in [0.5, 0.6) is 0 Å². The molecule has 4 unspecified atom stereocenters. The van der Waals surface area contributed by atoms with Gasteiger partial charge in [0.2, 0.25) is 0 Å². The van der Waals surface area contributed by atoms with Crippen molar-refractivity contribution in [3.63, 3.8) is 0 Å². The SMILES string of the molecule is CCNC1(CO)CCCC(SC2CCOC2C)C1. The van der Waals surface area contributed by atoms with Gasteiger partial charge in [-0.25, -0.2) is 0 Å². The molecule has 1 heterocycles. The molecule has 0 aromatic rings. The van der Waals surface area contributed by atoms with E-state index in [9.17, 15) is 5.11 Å². The molecule has 2 rings (SSSR count). The molecule has 1 saturated carbocycles. The number of nitrogens with one attached hydrogen (secondary N) is 1. The van der Waals surface area contributed by atoms with Crippen molar-refractivity contribution in [3.8, 4) is 0 Å². The summed E-state index contributed by atoms with van der Waals surface area (Å²) in [6, 6.07) is 0. The minimum absolute atomic E-state index is 0.0205. The Labute approximate surface area is 115 Å². The molecule has 0 radical (unpaired) electrons. The fraction of sp³-hybridized carbons (Fsp3) is 1.00. The second-order valence-corrected chi connectivity index (χ2v) is 7.27. The van der Waals surface area contributed by atoms with E-state index in [2.05, 4.69) is 30.9 Å². The molecule has 4 atom stereocenters. The van der Waals surface area contributed by atoms with Crippen LogP contribution in [-0.4, -0.2) is 47.0 Å². The first-order chi connectivity index (χ1) is 8.69. The zero-order valence-electron chi connectivity index (χ0n) is 11.7. The standard InChI is InChI=1S/C14H27NO2S/c1-3-15-14(10-16)7-4-5-12(9-14)18-13-6-8-17-11(13)2/h11-13,15-16H,3-10H2,1-2H3. The summed E-state index contributed by atoms with van der Waals surface area (Å²) in [6.07, 6.45) is 6.33. The number of rotatable bonds is 5. The fourth-order valence-electron chi connectivity index (χ4n) is 3.30. The Morgan fingerprint density at radius 3 is 2.89 bits per heavy atom. The number of ether oxygens (including phenoxy) is 1. The molecular weight excluding hydrogens is 246 g/mol. The lowest BCUT2D eigenvalue weighted by Crippen LogP contribution is -2.52. The zero-order chi connectivity index (χ0) is 13.0. The molecule has 0 bridgehead atoms. The molecular formula is C14H27NO2S. The van der Waals surface area contributed by atoms with Crippen LogP contribution in [0.3, 0.4) is 0 Å². The van der Waals surface area contributed by atoms with E-state index in [1.165, 1.54) is 19.3 Å². The molecule has 1 aliphatic heterocycles. The molecule has 3 nitrogen and oxygen atoms in total. The van der Waals surface area contributed by atoms with E-state index < -0.39 is 0 Å². The minimum atomic E-state index is -0.0205. The average Bonchev–Trinajstić information content (AvgIpc) is 2.76. The highest BCUT2D eigenvalue weighted by Crippen LogP contribution is 2.39. The third kappa shape index (κ3) is 3.41. The van der Waals surface area contributed by atoms with Gasteiger partial charge in [0.05, 0.1) is 12.7 Å². The maximum atomic E-state index is 9.71. The summed E-state index contributed by atoms with van der Waals surface area (Å²) in [5, 5.41) is 14.6. The maximum Gasteiger partial charge on any atom is 0.0666 e. The second kappa shape index (κ2) is 6.60. The van der Waals surface area contributed by atoms with Crippen LogP contribution in [0.4, 0.5) is 0 Å². The van der Waals surface area contributed by atoms with Crippen LogP contribution >= 0.6 is 11.8 Å². The van der Waals surface area contributed by atoms with Crippen LogP contribution in [0.25, 0.3) is 0 Å². The van der Waals surface area contributed by atoms with Crippen molar-refractivity contribution < 1.29 is 9.84 Å². The van der Waals surface area contributed by atoms with E-state index in [1.54, 1.807) is 0 Å². The summed E-state index contributed by atoms with van der Waals surface area (Å²) in [6.45, 7) is 6.46. The van der Waals surface area contributed by atoms with Crippen molar-refractivity contribution in [3.05, 3.63) is 0 Å². The monoisotopic (exact) mass is 273 g/mol. The first-order valence-electron chi connectivity index (χ1n) is 7.32. The molecule has 106 valence electrons. The highest BCUT2D eigenvalue weighted by Gasteiger charge is 2.37. The summed E-state index contributed by atoms with van der Waals surface area (Å²) in [5.41, 5.74) is -0.0205. The third-order valence-corrected chi connectivity index (χ3v) is 6.08. The molecule has 2 N–H and O–H groups in total. The Balaban J connectivity index is 1.89. The van der Waals surface area contributed by atoms with Gasteiger partial charge in [0.15, 0.2) is 0 Å². The van der Waals surface area contributed by atoms with Crippen LogP contribution in [0.15, 0.2) is 0 Å². The molecule has 4 heteroatoms. The Bertz CT molecular complexity index is 260. The Morgan fingerprint density at radius 2 is 2.28 bits per heavy atom. The second-order valence-electron chi connectivity index (χ2n) is 5.73. The number of hydrogen-bond acceptors (Lipinski definition) is 4. The lowest BCUT2D eigenvalue weighted by molar-refractivity contribution is 0.123. The molecule has 2 fully saturated rings.